The summed E-state index contributed by atoms with van der Waals surface area (Å²) in [6, 6.07) is 21.9. The molecule has 0 spiro atoms. The van der Waals surface area contributed by atoms with Crippen molar-refractivity contribution in [2.75, 3.05) is 33.0 Å². The molecule has 0 aromatic heterocycles. The molecule has 2 fully saturated rings. The second kappa shape index (κ2) is 16.4. The molecule has 3 aromatic carbocycles. The lowest BCUT2D eigenvalue weighted by Crippen LogP contribution is -2.45. The van der Waals surface area contributed by atoms with Crippen LogP contribution in [0.25, 0.3) is 11.1 Å². The molecule has 0 bridgehead atoms. The number of benzene rings is 3. The Morgan fingerprint density at radius 2 is 1.40 bits per heavy atom. The van der Waals surface area contributed by atoms with E-state index in [-0.39, 0.29) is 17.5 Å². The molecule has 2 aliphatic rings. The molecule has 7 nitrogen and oxygen atoms in total. The van der Waals surface area contributed by atoms with Crippen LogP contribution < -0.4 is 9.47 Å². The molecule has 252 valence electrons. The number of rotatable bonds is 15. The van der Waals surface area contributed by atoms with E-state index in [1.807, 2.05) is 36.4 Å². The quantitative estimate of drug-likeness (QED) is 0.0931. The molecule has 5 rings (SSSR count). The zero-order chi connectivity index (χ0) is 33.2. The van der Waals surface area contributed by atoms with Gasteiger partial charge < -0.3 is 23.7 Å². The monoisotopic (exact) mass is 642 g/mol. The highest BCUT2D eigenvalue weighted by Crippen LogP contribution is 2.36. The molecule has 1 saturated carbocycles. The Hall–Kier alpha value is -3.68. The van der Waals surface area contributed by atoms with Crippen molar-refractivity contribution in [1.82, 2.24) is 0 Å². The lowest BCUT2D eigenvalue weighted by atomic mass is 9.75. The van der Waals surface area contributed by atoms with Crippen LogP contribution >= 0.6 is 0 Å². The Balaban J connectivity index is 1.04. The summed E-state index contributed by atoms with van der Waals surface area (Å²) in [5, 5.41) is 0. The first-order valence-corrected chi connectivity index (χ1v) is 17.3. The summed E-state index contributed by atoms with van der Waals surface area (Å²) >= 11 is 0. The van der Waals surface area contributed by atoms with Crippen LogP contribution in [0.2, 0.25) is 0 Å². The van der Waals surface area contributed by atoms with Crippen molar-refractivity contribution in [1.29, 1.82) is 0 Å². The van der Waals surface area contributed by atoms with Crippen molar-refractivity contribution in [3.8, 4) is 22.6 Å². The predicted molar refractivity (Wildman–Crippen MR) is 183 cm³/mol. The first-order valence-electron chi connectivity index (χ1n) is 17.3. The highest BCUT2D eigenvalue weighted by molar-refractivity contribution is 5.92. The Morgan fingerprint density at radius 3 is 2.02 bits per heavy atom. The minimum Gasteiger partial charge on any atom is -0.494 e. The van der Waals surface area contributed by atoms with E-state index in [1.54, 1.807) is 36.4 Å². The minimum atomic E-state index is -0.459. The van der Waals surface area contributed by atoms with Crippen molar-refractivity contribution in [3.05, 3.63) is 83.9 Å². The fourth-order valence-electron chi connectivity index (χ4n) is 6.39. The molecule has 47 heavy (non-hydrogen) atoms. The standard InChI is InChI=1S/C40H50O7/c1-5-40(26-44-27-40)25-43-22-6-7-23-45-34-17-13-31(14-18-34)30-9-11-32(12-10-30)38(41)46-35-19-15-33(16-20-35)39(42)47-37-24-29(4)8-21-36(37)28(2)3/h9-20,28-29,36-37H,5-8,21-27H2,1-4H3. The van der Waals surface area contributed by atoms with Crippen LogP contribution in [0.15, 0.2) is 72.8 Å². The summed E-state index contributed by atoms with van der Waals surface area (Å²) in [4.78, 5) is 25.7. The van der Waals surface area contributed by atoms with Crippen molar-refractivity contribution >= 4 is 11.9 Å². The van der Waals surface area contributed by atoms with Gasteiger partial charge in [0.05, 0.1) is 37.6 Å². The van der Waals surface area contributed by atoms with E-state index in [1.165, 1.54) is 6.42 Å². The third kappa shape index (κ3) is 9.45. The van der Waals surface area contributed by atoms with Crippen LogP contribution in [0.1, 0.15) is 86.9 Å². The molecule has 3 aromatic rings. The average molecular weight is 643 g/mol. The number of ether oxygens (including phenoxy) is 5. The van der Waals surface area contributed by atoms with E-state index in [0.29, 0.717) is 41.2 Å². The van der Waals surface area contributed by atoms with Crippen molar-refractivity contribution in [2.24, 2.45) is 23.2 Å². The van der Waals surface area contributed by atoms with Crippen molar-refractivity contribution < 1.29 is 33.3 Å². The summed E-state index contributed by atoms with van der Waals surface area (Å²) in [6.45, 7) is 12.6. The molecule has 7 heteroatoms. The van der Waals surface area contributed by atoms with Crippen LogP contribution in [0.4, 0.5) is 0 Å². The molecule has 1 aliphatic heterocycles. The number of carbonyl (C=O) groups is 2. The summed E-state index contributed by atoms with van der Waals surface area (Å²) in [6.07, 6.45) is 6.09. The maximum Gasteiger partial charge on any atom is 0.343 e. The molecule has 3 atom stereocenters. The second-order valence-electron chi connectivity index (χ2n) is 13.7. The maximum atomic E-state index is 12.9. The summed E-state index contributed by atoms with van der Waals surface area (Å²) in [5.41, 5.74) is 3.15. The van der Waals surface area contributed by atoms with Gasteiger partial charge in [0.25, 0.3) is 0 Å². The molecule has 1 saturated heterocycles. The number of hydrogen-bond donors (Lipinski definition) is 0. The van der Waals surface area contributed by atoms with Gasteiger partial charge in [-0.05, 0) is 110 Å². The number of esters is 2. The number of unbranched alkanes of at least 4 members (excludes halogenated alkanes) is 1. The van der Waals surface area contributed by atoms with Gasteiger partial charge in [0, 0.05) is 12.0 Å². The van der Waals surface area contributed by atoms with Crippen LogP contribution in [0.3, 0.4) is 0 Å². The summed E-state index contributed by atoms with van der Waals surface area (Å²) in [5.74, 6) is 1.81. The van der Waals surface area contributed by atoms with Gasteiger partial charge in [-0.2, -0.15) is 0 Å². The van der Waals surface area contributed by atoms with Crippen LogP contribution in [0, 0.1) is 23.2 Å². The van der Waals surface area contributed by atoms with Crippen LogP contribution in [-0.4, -0.2) is 51.1 Å². The maximum absolute atomic E-state index is 12.9. The molecule has 0 N–H and O–H groups in total. The molecule has 0 radical (unpaired) electrons. The molecule has 0 amide bonds. The van der Waals surface area contributed by atoms with Gasteiger partial charge in [0.2, 0.25) is 0 Å². The van der Waals surface area contributed by atoms with E-state index < -0.39 is 5.97 Å². The molecular formula is C40H50O7. The molecule has 3 unspecified atom stereocenters. The normalized spacial score (nSPS) is 20.3. The van der Waals surface area contributed by atoms with E-state index in [4.69, 9.17) is 23.7 Å². The Bertz CT molecular complexity index is 1420. The lowest BCUT2D eigenvalue weighted by molar-refractivity contribution is -0.150. The third-order valence-corrected chi connectivity index (χ3v) is 9.76. The minimum absolute atomic E-state index is 0.0645. The molecule has 1 heterocycles. The lowest BCUT2D eigenvalue weighted by Gasteiger charge is -2.40. The second-order valence-corrected chi connectivity index (χ2v) is 13.7. The van der Waals surface area contributed by atoms with E-state index in [0.717, 1.165) is 75.4 Å². The average Bonchev–Trinajstić information content (AvgIpc) is 3.06. The molecule has 1 aliphatic carbocycles. The van der Waals surface area contributed by atoms with E-state index >= 15 is 0 Å². The Morgan fingerprint density at radius 1 is 0.809 bits per heavy atom. The van der Waals surface area contributed by atoms with Crippen LogP contribution in [-0.2, 0) is 14.2 Å². The van der Waals surface area contributed by atoms with Gasteiger partial charge >= 0.3 is 11.9 Å². The van der Waals surface area contributed by atoms with Gasteiger partial charge in [-0.1, -0.05) is 58.4 Å². The van der Waals surface area contributed by atoms with Crippen molar-refractivity contribution in [3.63, 3.8) is 0 Å². The Labute approximate surface area is 279 Å². The van der Waals surface area contributed by atoms with Gasteiger partial charge in [0.15, 0.2) is 0 Å². The Kier molecular flexibility index (Phi) is 12.1. The van der Waals surface area contributed by atoms with Gasteiger partial charge in [-0.25, -0.2) is 9.59 Å². The van der Waals surface area contributed by atoms with Gasteiger partial charge in [0.1, 0.15) is 17.6 Å². The first kappa shape index (κ1) is 34.6. The van der Waals surface area contributed by atoms with Crippen molar-refractivity contribution in [2.45, 2.75) is 72.3 Å². The highest BCUT2D eigenvalue weighted by Gasteiger charge is 2.37. The fourth-order valence-corrected chi connectivity index (χ4v) is 6.39. The zero-order valence-electron chi connectivity index (χ0n) is 28.4. The van der Waals surface area contributed by atoms with E-state index in [2.05, 4.69) is 27.7 Å². The first-order chi connectivity index (χ1) is 22.7. The third-order valence-electron chi connectivity index (χ3n) is 9.76. The predicted octanol–water partition coefficient (Wildman–Crippen LogP) is 8.79. The van der Waals surface area contributed by atoms with Gasteiger partial charge in [-0.15, -0.1) is 0 Å². The topological polar surface area (TPSA) is 80.3 Å². The molecular weight excluding hydrogens is 592 g/mol. The zero-order valence-corrected chi connectivity index (χ0v) is 28.4. The summed E-state index contributed by atoms with van der Waals surface area (Å²) in [7, 11) is 0. The smallest absolute Gasteiger partial charge is 0.343 e. The number of carbonyl (C=O) groups excluding carboxylic acids is 2. The van der Waals surface area contributed by atoms with Gasteiger partial charge in [-0.3, -0.25) is 0 Å². The summed E-state index contributed by atoms with van der Waals surface area (Å²) < 4.78 is 28.7. The fraction of sp³-hybridized carbons (Fsp3) is 0.500. The van der Waals surface area contributed by atoms with E-state index in [9.17, 15) is 9.59 Å². The SMILES string of the molecule is CCC1(COCCCCOc2ccc(-c3ccc(C(=O)Oc4ccc(C(=O)OC5CC(C)CCC5C(C)C)cc4)cc3)cc2)COC1. The number of hydrogen-bond acceptors (Lipinski definition) is 7. The highest BCUT2D eigenvalue weighted by atomic mass is 16.5. The largest absolute Gasteiger partial charge is 0.494 e. The van der Waals surface area contributed by atoms with Crippen LogP contribution in [0.5, 0.6) is 11.5 Å².